The molecule has 0 aliphatic rings. The quantitative estimate of drug-likeness (QED) is 0.888. The van der Waals surface area contributed by atoms with Gasteiger partial charge in [0.2, 0.25) is 5.95 Å². The van der Waals surface area contributed by atoms with Crippen molar-refractivity contribution in [2.24, 2.45) is 0 Å². The van der Waals surface area contributed by atoms with Crippen LogP contribution < -0.4 is 15.2 Å². The predicted molar refractivity (Wildman–Crippen MR) is 71.3 cm³/mol. The van der Waals surface area contributed by atoms with Crippen molar-refractivity contribution < 1.29 is 9.47 Å². The summed E-state index contributed by atoms with van der Waals surface area (Å²) in [6, 6.07) is 7.88. The van der Waals surface area contributed by atoms with Crippen LogP contribution in [0.3, 0.4) is 0 Å². The van der Waals surface area contributed by atoms with E-state index in [4.69, 9.17) is 15.2 Å². The SMILES string of the molecule is CCCOc1nc(N)nc(Oc2cccc(C)c2)n1. The Morgan fingerprint density at radius 1 is 1.16 bits per heavy atom. The Labute approximate surface area is 111 Å². The normalized spacial score (nSPS) is 10.2. The van der Waals surface area contributed by atoms with E-state index < -0.39 is 0 Å². The van der Waals surface area contributed by atoms with Crippen molar-refractivity contribution in [3.8, 4) is 17.8 Å². The number of ether oxygens (including phenoxy) is 2. The first-order chi connectivity index (χ1) is 9.17. The molecule has 0 spiro atoms. The number of nitrogens with zero attached hydrogens (tertiary/aromatic N) is 3. The zero-order valence-electron chi connectivity index (χ0n) is 11.0. The van der Waals surface area contributed by atoms with Crippen LogP contribution in [0, 0.1) is 6.92 Å². The molecule has 2 N–H and O–H groups in total. The summed E-state index contributed by atoms with van der Waals surface area (Å²) in [5.41, 5.74) is 6.68. The first kappa shape index (κ1) is 13.1. The van der Waals surface area contributed by atoms with Gasteiger partial charge in [0.25, 0.3) is 0 Å². The van der Waals surface area contributed by atoms with Crippen LogP contribution in [0.15, 0.2) is 24.3 Å². The smallest absolute Gasteiger partial charge is 0.330 e. The number of anilines is 1. The van der Waals surface area contributed by atoms with Crippen LogP contribution in [0.1, 0.15) is 18.9 Å². The van der Waals surface area contributed by atoms with Gasteiger partial charge in [-0.05, 0) is 31.0 Å². The van der Waals surface area contributed by atoms with Gasteiger partial charge >= 0.3 is 12.0 Å². The van der Waals surface area contributed by atoms with E-state index in [0.29, 0.717) is 12.4 Å². The minimum absolute atomic E-state index is 0.0729. The number of benzene rings is 1. The third kappa shape index (κ3) is 3.80. The third-order valence-electron chi connectivity index (χ3n) is 2.25. The second-order valence-electron chi connectivity index (χ2n) is 4.03. The van der Waals surface area contributed by atoms with Crippen molar-refractivity contribution in [2.75, 3.05) is 12.3 Å². The van der Waals surface area contributed by atoms with Crippen LogP contribution in [0.25, 0.3) is 0 Å². The van der Waals surface area contributed by atoms with E-state index >= 15 is 0 Å². The number of hydrogen-bond donors (Lipinski definition) is 1. The molecule has 0 saturated heterocycles. The third-order valence-corrected chi connectivity index (χ3v) is 2.25. The lowest BCUT2D eigenvalue weighted by Crippen LogP contribution is -2.05. The van der Waals surface area contributed by atoms with Gasteiger partial charge in [-0.25, -0.2) is 0 Å². The fourth-order valence-electron chi connectivity index (χ4n) is 1.44. The topological polar surface area (TPSA) is 83.2 Å². The van der Waals surface area contributed by atoms with Crippen LogP contribution in [-0.4, -0.2) is 21.6 Å². The molecule has 0 saturated carbocycles. The molecule has 0 aliphatic carbocycles. The highest BCUT2D eigenvalue weighted by Gasteiger charge is 2.07. The molecule has 1 heterocycles. The summed E-state index contributed by atoms with van der Waals surface area (Å²) in [4.78, 5) is 11.9. The number of rotatable bonds is 5. The van der Waals surface area contributed by atoms with Gasteiger partial charge in [-0.3, -0.25) is 0 Å². The summed E-state index contributed by atoms with van der Waals surface area (Å²) in [5.74, 6) is 0.718. The zero-order chi connectivity index (χ0) is 13.7. The average molecular weight is 260 g/mol. The molecule has 0 aliphatic heterocycles. The number of nitrogen functional groups attached to an aromatic ring is 1. The van der Waals surface area contributed by atoms with Crippen molar-refractivity contribution >= 4 is 5.95 Å². The molecule has 1 aromatic heterocycles. The average Bonchev–Trinajstić information content (AvgIpc) is 2.35. The van der Waals surface area contributed by atoms with Gasteiger partial charge in [0.05, 0.1) is 6.61 Å². The van der Waals surface area contributed by atoms with Crippen LogP contribution in [-0.2, 0) is 0 Å². The van der Waals surface area contributed by atoms with Crippen LogP contribution in [0.2, 0.25) is 0 Å². The van der Waals surface area contributed by atoms with E-state index in [2.05, 4.69) is 15.0 Å². The maximum atomic E-state index is 5.59. The Morgan fingerprint density at radius 2 is 1.95 bits per heavy atom. The Hall–Kier alpha value is -2.37. The molecule has 0 atom stereocenters. The van der Waals surface area contributed by atoms with Gasteiger partial charge in [-0.15, -0.1) is 4.98 Å². The summed E-state index contributed by atoms with van der Waals surface area (Å²) in [6.07, 6.45) is 0.861. The van der Waals surface area contributed by atoms with Crippen molar-refractivity contribution in [3.63, 3.8) is 0 Å². The fraction of sp³-hybridized carbons (Fsp3) is 0.308. The van der Waals surface area contributed by atoms with Crippen LogP contribution in [0.4, 0.5) is 5.95 Å². The van der Waals surface area contributed by atoms with Gasteiger partial charge in [0.15, 0.2) is 0 Å². The molecule has 6 heteroatoms. The van der Waals surface area contributed by atoms with E-state index in [-0.39, 0.29) is 18.0 Å². The van der Waals surface area contributed by atoms with Gasteiger partial charge in [-0.1, -0.05) is 19.1 Å². The minimum atomic E-state index is 0.0729. The van der Waals surface area contributed by atoms with E-state index in [0.717, 1.165) is 12.0 Å². The largest absolute Gasteiger partial charge is 0.463 e. The summed E-state index contributed by atoms with van der Waals surface area (Å²) in [7, 11) is 0. The van der Waals surface area contributed by atoms with E-state index in [1.165, 1.54) is 0 Å². The summed E-state index contributed by atoms with van der Waals surface area (Å²) < 4.78 is 10.9. The predicted octanol–water partition coefficient (Wildman–Crippen LogP) is 2.34. The van der Waals surface area contributed by atoms with Crippen LogP contribution in [0.5, 0.6) is 17.8 Å². The molecule has 0 unspecified atom stereocenters. The molecule has 0 radical (unpaired) electrons. The molecular weight excluding hydrogens is 244 g/mol. The molecule has 19 heavy (non-hydrogen) atoms. The maximum absolute atomic E-state index is 5.59. The highest BCUT2D eigenvalue weighted by molar-refractivity contribution is 5.30. The van der Waals surface area contributed by atoms with Gasteiger partial charge in [0.1, 0.15) is 5.75 Å². The van der Waals surface area contributed by atoms with E-state index in [1.807, 2.05) is 38.1 Å². The summed E-state index contributed by atoms with van der Waals surface area (Å²) in [5, 5.41) is 0. The lowest BCUT2D eigenvalue weighted by Gasteiger charge is -2.07. The first-order valence-corrected chi connectivity index (χ1v) is 6.06. The van der Waals surface area contributed by atoms with Gasteiger partial charge in [-0.2, -0.15) is 9.97 Å². The summed E-state index contributed by atoms with van der Waals surface area (Å²) in [6.45, 7) is 4.49. The molecule has 0 amide bonds. The number of aryl methyl sites for hydroxylation is 1. The monoisotopic (exact) mass is 260 g/mol. The lowest BCUT2D eigenvalue weighted by molar-refractivity contribution is 0.285. The molecular formula is C13H16N4O2. The molecule has 6 nitrogen and oxygen atoms in total. The first-order valence-electron chi connectivity index (χ1n) is 6.06. The molecule has 2 aromatic rings. The number of aromatic nitrogens is 3. The van der Waals surface area contributed by atoms with E-state index in [9.17, 15) is 0 Å². The second kappa shape index (κ2) is 5.99. The molecule has 0 fully saturated rings. The van der Waals surface area contributed by atoms with Crippen molar-refractivity contribution in [2.45, 2.75) is 20.3 Å². The van der Waals surface area contributed by atoms with Crippen LogP contribution >= 0.6 is 0 Å². The lowest BCUT2D eigenvalue weighted by atomic mass is 10.2. The molecule has 100 valence electrons. The Morgan fingerprint density at radius 3 is 2.68 bits per heavy atom. The van der Waals surface area contributed by atoms with Gasteiger partial charge < -0.3 is 15.2 Å². The molecule has 1 aromatic carbocycles. The highest BCUT2D eigenvalue weighted by Crippen LogP contribution is 2.20. The van der Waals surface area contributed by atoms with Crippen molar-refractivity contribution in [1.82, 2.24) is 15.0 Å². The summed E-state index contributed by atoms with van der Waals surface area (Å²) >= 11 is 0. The second-order valence-corrected chi connectivity index (χ2v) is 4.03. The number of hydrogen-bond acceptors (Lipinski definition) is 6. The standard InChI is InChI=1S/C13H16N4O2/c1-3-7-18-12-15-11(14)16-13(17-12)19-10-6-4-5-9(2)8-10/h4-6,8H,3,7H2,1-2H3,(H2,14,15,16,17). The zero-order valence-corrected chi connectivity index (χ0v) is 11.0. The highest BCUT2D eigenvalue weighted by atomic mass is 16.5. The van der Waals surface area contributed by atoms with Crippen molar-refractivity contribution in [1.29, 1.82) is 0 Å². The minimum Gasteiger partial charge on any atom is -0.463 e. The maximum Gasteiger partial charge on any atom is 0.330 e. The van der Waals surface area contributed by atoms with Gasteiger partial charge in [0, 0.05) is 0 Å². The number of nitrogens with two attached hydrogens (primary N) is 1. The Balaban J connectivity index is 2.17. The Kier molecular flexibility index (Phi) is 4.12. The molecule has 2 rings (SSSR count). The van der Waals surface area contributed by atoms with E-state index in [1.54, 1.807) is 0 Å². The molecule has 0 bridgehead atoms. The van der Waals surface area contributed by atoms with Crippen molar-refractivity contribution in [3.05, 3.63) is 29.8 Å². The Bertz CT molecular complexity index is 560. The fourth-order valence-corrected chi connectivity index (χ4v) is 1.44.